The number of carbonyl (C=O) groups is 1. The van der Waals surface area contributed by atoms with Crippen LogP contribution < -0.4 is 0 Å². The fourth-order valence-corrected chi connectivity index (χ4v) is 2.96. The van der Waals surface area contributed by atoms with Gasteiger partial charge >= 0.3 is 0 Å². The third-order valence-electron chi connectivity index (χ3n) is 3.98. The van der Waals surface area contributed by atoms with Gasteiger partial charge in [0, 0.05) is 6.21 Å². The van der Waals surface area contributed by atoms with Gasteiger partial charge in [0.1, 0.15) is 12.1 Å². The summed E-state index contributed by atoms with van der Waals surface area (Å²) in [6.07, 6.45) is 12.3. The Hall–Kier alpha value is -1.91. The van der Waals surface area contributed by atoms with Gasteiger partial charge in [-0.25, -0.2) is 10.0 Å². The van der Waals surface area contributed by atoms with Gasteiger partial charge in [0.25, 0.3) is 0 Å². The Morgan fingerprint density at radius 1 is 1.35 bits per heavy atom. The van der Waals surface area contributed by atoms with Crippen molar-refractivity contribution < 1.29 is 9.53 Å². The third kappa shape index (κ3) is 2.40. The standard InChI is InChI=1S/C15H19N3O2/c1-11-14-13(18(10-19)17-11)8-5-9-16-15(14)20-12-6-3-2-4-7-12/h5,8-10,12-13H,2-4,6-7H2,1H3. The van der Waals surface area contributed by atoms with Gasteiger partial charge in [0.05, 0.1) is 11.3 Å². The Morgan fingerprint density at radius 3 is 2.90 bits per heavy atom. The molecule has 5 nitrogen and oxygen atoms in total. The van der Waals surface area contributed by atoms with Crippen molar-refractivity contribution >= 4 is 18.3 Å². The van der Waals surface area contributed by atoms with Crippen molar-refractivity contribution in [3.8, 4) is 0 Å². The molecular formula is C15H19N3O2. The second-order valence-corrected chi connectivity index (χ2v) is 5.38. The van der Waals surface area contributed by atoms with E-state index in [1.165, 1.54) is 24.3 Å². The maximum Gasteiger partial charge on any atom is 0.230 e. The number of nitrogens with zero attached hydrogens (tertiary/aromatic N) is 3. The largest absolute Gasteiger partial charge is 0.474 e. The van der Waals surface area contributed by atoms with Crippen molar-refractivity contribution in [3.63, 3.8) is 0 Å². The summed E-state index contributed by atoms with van der Waals surface area (Å²) in [5.74, 6) is 0.623. The zero-order valence-electron chi connectivity index (χ0n) is 11.7. The number of ether oxygens (including phenoxy) is 1. The minimum absolute atomic E-state index is 0.186. The van der Waals surface area contributed by atoms with Crippen LogP contribution in [0.1, 0.15) is 39.0 Å². The minimum Gasteiger partial charge on any atom is -0.474 e. The van der Waals surface area contributed by atoms with E-state index in [0.717, 1.165) is 30.5 Å². The van der Waals surface area contributed by atoms with Crippen molar-refractivity contribution in [2.24, 2.45) is 10.1 Å². The number of allylic oxidation sites excluding steroid dienone is 1. The van der Waals surface area contributed by atoms with Gasteiger partial charge in [-0.2, -0.15) is 5.10 Å². The highest BCUT2D eigenvalue weighted by Gasteiger charge is 2.33. The van der Waals surface area contributed by atoms with Crippen LogP contribution in [0.3, 0.4) is 0 Å². The maximum atomic E-state index is 11.1. The quantitative estimate of drug-likeness (QED) is 0.741. The van der Waals surface area contributed by atoms with Crippen molar-refractivity contribution in [1.29, 1.82) is 0 Å². The highest BCUT2D eigenvalue weighted by Crippen LogP contribution is 2.30. The van der Waals surface area contributed by atoms with Gasteiger partial charge in [0.2, 0.25) is 12.3 Å². The topological polar surface area (TPSA) is 54.3 Å². The maximum absolute atomic E-state index is 11.1. The van der Waals surface area contributed by atoms with Crippen LogP contribution in [-0.2, 0) is 9.53 Å². The molecule has 0 aromatic rings. The van der Waals surface area contributed by atoms with E-state index in [0.29, 0.717) is 5.88 Å². The van der Waals surface area contributed by atoms with Crippen LogP contribution in [0.2, 0.25) is 0 Å². The Balaban J connectivity index is 1.88. The number of rotatable bonds is 3. The van der Waals surface area contributed by atoms with E-state index >= 15 is 0 Å². The molecule has 3 aliphatic rings. The Morgan fingerprint density at radius 2 is 2.15 bits per heavy atom. The number of hydrogen-bond acceptors (Lipinski definition) is 4. The third-order valence-corrected chi connectivity index (χ3v) is 3.98. The van der Waals surface area contributed by atoms with Crippen LogP contribution in [0.4, 0.5) is 0 Å². The summed E-state index contributed by atoms with van der Waals surface area (Å²) in [7, 11) is 0. The zero-order valence-corrected chi connectivity index (χ0v) is 11.7. The van der Waals surface area contributed by atoms with Crippen LogP contribution in [0, 0.1) is 0 Å². The van der Waals surface area contributed by atoms with Gasteiger partial charge in [-0.15, -0.1) is 0 Å². The normalized spacial score (nSPS) is 26.4. The van der Waals surface area contributed by atoms with E-state index in [-0.39, 0.29) is 12.1 Å². The van der Waals surface area contributed by atoms with Gasteiger partial charge < -0.3 is 4.74 Å². The van der Waals surface area contributed by atoms with Gasteiger partial charge in [-0.1, -0.05) is 12.5 Å². The minimum atomic E-state index is -0.186. The number of amides is 1. The molecule has 2 aliphatic heterocycles. The lowest BCUT2D eigenvalue weighted by atomic mass is 9.97. The molecule has 1 amide bonds. The monoisotopic (exact) mass is 273 g/mol. The van der Waals surface area contributed by atoms with Crippen molar-refractivity contribution in [3.05, 3.63) is 23.6 Å². The summed E-state index contributed by atoms with van der Waals surface area (Å²) >= 11 is 0. The summed E-state index contributed by atoms with van der Waals surface area (Å²) in [6.45, 7) is 1.89. The van der Waals surface area contributed by atoms with Crippen LogP contribution in [-0.4, -0.2) is 35.5 Å². The first-order chi connectivity index (χ1) is 9.79. The number of aliphatic imine (C=N–C) groups is 1. The average molecular weight is 273 g/mol. The van der Waals surface area contributed by atoms with Crippen molar-refractivity contribution in [2.75, 3.05) is 0 Å². The molecule has 106 valence electrons. The molecule has 0 radical (unpaired) electrons. The van der Waals surface area contributed by atoms with E-state index in [4.69, 9.17) is 4.74 Å². The Labute approximate surface area is 118 Å². The number of hydrogen-bond donors (Lipinski definition) is 0. The van der Waals surface area contributed by atoms with Gasteiger partial charge in [-0.05, 0) is 38.7 Å². The second-order valence-electron chi connectivity index (χ2n) is 5.38. The molecule has 2 heterocycles. The lowest BCUT2D eigenvalue weighted by molar-refractivity contribution is -0.118. The zero-order chi connectivity index (χ0) is 13.9. The lowest BCUT2D eigenvalue weighted by Crippen LogP contribution is -2.26. The van der Waals surface area contributed by atoms with E-state index < -0.39 is 0 Å². The molecule has 1 unspecified atom stereocenters. The lowest BCUT2D eigenvalue weighted by Gasteiger charge is -2.24. The molecule has 3 rings (SSSR count). The highest BCUT2D eigenvalue weighted by molar-refractivity contribution is 6.03. The second kappa shape index (κ2) is 5.61. The van der Waals surface area contributed by atoms with Crippen LogP contribution in [0.5, 0.6) is 0 Å². The molecule has 1 saturated carbocycles. The van der Waals surface area contributed by atoms with Crippen LogP contribution in [0.25, 0.3) is 0 Å². The summed E-state index contributed by atoms with van der Waals surface area (Å²) in [5.41, 5.74) is 1.71. The molecule has 5 heteroatoms. The first-order valence-electron chi connectivity index (χ1n) is 7.20. The molecule has 0 saturated heterocycles. The van der Waals surface area contributed by atoms with Crippen molar-refractivity contribution in [2.45, 2.75) is 51.2 Å². The SMILES string of the molecule is CC1=NN(C=O)C2C=CC=NC(OC3CCCCC3)=C12. The number of hydrazone groups is 1. The van der Waals surface area contributed by atoms with E-state index in [9.17, 15) is 4.79 Å². The first-order valence-corrected chi connectivity index (χ1v) is 7.20. The molecule has 1 atom stereocenters. The smallest absolute Gasteiger partial charge is 0.230 e. The van der Waals surface area contributed by atoms with Crippen molar-refractivity contribution in [1.82, 2.24) is 5.01 Å². The average Bonchev–Trinajstić information content (AvgIpc) is 2.65. The predicted octanol–water partition coefficient (Wildman–Crippen LogP) is 2.40. The highest BCUT2D eigenvalue weighted by atomic mass is 16.5. The van der Waals surface area contributed by atoms with Gasteiger partial charge in [-0.3, -0.25) is 4.79 Å². The molecule has 20 heavy (non-hydrogen) atoms. The summed E-state index contributed by atoms with van der Waals surface area (Å²) < 4.78 is 6.11. The van der Waals surface area contributed by atoms with Crippen LogP contribution >= 0.6 is 0 Å². The number of carbonyl (C=O) groups excluding carboxylic acids is 1. The summed E-state index contributed by atoms with van der Waals surface area (Å²) in [6, 6.07) is -0.186. The van der Waals surface area contributed by atoms with E-state index in [2.05, 4.69) is 10.1 Å². The summed E-state index contributed by atoms with van der Waals surface area (Å²) in [4.78, 5) is 15.5. The molecule has 0 aromatic heterocycles. The van der Waals surface area contributed by atoms with E-state index in [1.54, 1.807) is 6.21 Å². The molecule has 1 aliphatic carbocycles. The fourth-order valence-electron chi connectivity index (χ4n) is 2.96. The molecular weight excluding hydrogens is 254 g/mol. The number of fused-ring (bicyclic) bond motifs is 1. The molecule has 0 aromatic carbocycles. The Kier molecular flexibility index (Phi) is 3.67. The summed E-state index contributed by atoms with van der Waals surface area (Å²) in [5, 5.41) is 5.67. The Bertz CT molecular complexity index is 513. The van der Waals surface area contributed by atoms with Gasteiger partial charge in [0.15, 0.2) is 0 Å². The first kappa shape index (κ1) is 13.1. The molecule has 0 spiro atoms. The molecule has 0 bridgehead atoms. The molecule has 0 N–H and O–H groups in total. The molecule has 1 fully saturated rings. The predicted molar refractivity (Wildman–Crippen MR) is 77.4 cm³/mol. The van der Waals surface area contributed by atoms with Crippen LogP contribution in [0.15, 0.2) is 33.7 Å². The fraction of sp³-hybridized carbons (Fsp3) is 0.533. The van der Waals surface area contributed by atoms with E-state index in [1.807, 2.05) is 19.1 Å².